The first kappa shape index (κ1) is 16.8. The van der Waals surface area contributed by atoms with Gasteiger partial charge in [0.2, 0.25) is 0 Å². The van der Waals surface area contributed by atoms with Crippen molar-refractivity contribution in [3.05, 3.63) is 53.9 Å². The summed E-state index contributed by atoms with van der Waals surface area (Å²) in [6, 6.07) is 11.9. The molecule has 2 aliphatic rings. The molecule has 0 amide bonds. The van der Waals surface area contributed by atoms with Crippen LogP contribution in [0.3, 0.4) is 0 Å². The van der Waals surface area contributed by atoms with E-state index in [0.29, 0.717) is 17.4 Å². The van der Waals surface area contributed by atoms with Crippen molar-refractivity contribution in [3.63, 3.8) is 0 Å². The first-order chi connectivity index (χ1) is 12.1. The first-order valence-corrected chi connectivity index (χ1v) is 9.56. The van der Waals surface area contributed by atoms with Gasteiger partial charge < -0.3 is 0 Å². The maximum atomic E-state index is 4.33. The topological polar surface area (TPSA) is 24.3 Å². The number of fused-ring (bicyclic) bond motifs is 1. The summed E-state index contributed by atoms with van der Waals surface area (Å²) in [5, 5.41) is 4.33. The molecule has 0 radical (unpaired) electrons. The second kappa shape index (κ2) is 6.58. The largest absolute Gasteiger partial charge is 0.300 e. The van der Waals surface area contributed by atoms with Gasteiger partial charge >= 0.3 is 0 Å². The number of nitrogens with zero attached hydrogens (tertiary/aromatic N) is 4. The van der Waals surface area contributed by atoms with Crippen LogP contribution < -0.4 is 0 Å². The highest BCUT2D eigenvalue weighted by molar-refractivity contribution is 5.30. The zero-order valence-corrected chi connectivity index (χ0v) is 15.7. The van der Waals surface area contributed by atoms with E-state index in [1.165, 1.54) is 38.2 Å². The Morgan fingerprint density at radius 1 is 1.20 bits per heavy atom. The van der Waals surface area contributed by atoms with Crippen LogP contribution in [0.5, 0.6) is 0 Å². The van der Waals surface area contributed by atoms with Gasteiger partial charge in [-0.1, -0.05) is 30.3 Å². The summed E-state index contributed by atoms with van der Waals surface area (Å²) in [5.41, 5.74) is 3.20. The van der Waals surface area contributed by atoms with Crippen LogP contribution in [-0.4, -0.2) is 51.8 Å². The molecule has 2 unspecified atom stereocenters. The highest BCUT2D eigenvalue weighted by Crippen LogP contribution is 2.45. The highest BCUT2D eigenvalue weighted by atomic mass is 15.3. The number of rotatable bonds is 4. The van der Waals surface area contributed by atoms with Crippen LogP contribution in [0.2, 0.25) is 0 Å². The predicted octanol–water partition coefficient (Wildman–Crippen LogP) is 2.90. The lowest BCUT2D eigenvalue weighted by atomic mass is 9.68. The second-order valence-corrected chi connectivity index (χ2v) is 8.25. The molecule has 0 N–H and O–H groups in total. The fourth-order valence-electron chi connectivity index (χ4n) is 4.88. The van der Waals surface area contributed by atoms with Crippen LogP contribution >= 0.6 is 0 Å². The standard InChI is InChI=1S/C21H30N4/c1-17(2)25-15-20-14-24(13-18-11-22-23(3)12-18)10-9-21(20,16-25)19-7-5-4-6-8-19/h4-8,11-12,17,20H,9-10,13-16H2,1-3H3. The van der Waals surface area contributed by atoms with Gasteiger partial charge in [0.25, 0.3) is 0 Å². The van der Waals surface area contributed by atoms with Crippen molar-refractivity contribution in [3.8, 4) is 0 Å². The lowest BCUT2D eigenvalue weighted by Crippen LogP contribution is -2.49. The van der Waals surface area contributed by atoms with E-state index in [0.717, 1.165) is 6.54 Å². The molecule has 0 saturated carbocycles. The molecule has 1 aromatic heterocycles. The van der Waals surface area contributed by atoms with Crippen LogP contribution in [0.25, 0.3) is 0 Å². The Balaban J connectivity index is 1.56. The van der Waals surface area contributed by atoms with Crippen molar-refractivity contribution in [1.82, 2.24) is 19.6 Å². The van der Waals surface area contributed by atoms with Crippen molar-refractivity contribution in [2.75, 3.05) is 26.2 Å². The van der Waals surface area contributed by atoms with Gasteiger partial charge in [0, 0.05) is 56.4 Å². The van der Waals surface area contributed by atoms with Crippen LogP contribution in [-0.2, 0) is 19.0 Å². The van der Waals surface area contributed by atoms with E-state index in [1.807, 2.05) is 17.9 Å². The normalized spacial score (nSPS) is 27.8. The molecule has 2 aromatic rings. The first-order valence-electron chi connectivity index (χ1n) is 9.56. The van der Waals surface area contributed by atoms with Gasteiger partial charge in [-0.15, -0.1) is 0 Å². The summed E-state index contributed by atoms with van der Waals surface area (Å²) >= 11 is 0. The Bertz CT molecular complexity index is 708. The average molecular weight is 338 g/mol. The van der Waals surface area contributed by atoms with Gasteiger partial charge in [-0.2, -0.15) is 5.10 Å². The Hall–Kier alpha value is -1.65. The molecular formula is C21H30N4. The van der Waals surface area contributed by atoms with Gasteiger partial charge in [-0.05, 0) is 38.3 Å². The molecule has 3 heterocycles. The molecule has 2 saturated heterocycles. The maximum absolute atomic E-state index is 4.33. The molecule has 0 bridgehead atoms. The van der Waals surface area contributed by atoms with Crippen LogP contribution in [0.1, 0.15) is 31.4 Å². The fourth-order valence-corrected chi connectivity index (χ4v) is 4.88. The Morgan fingerprint density at radius 2 is 2.00 bits per heavy atom. The van der Waals surface area contributed by atoms with Crippen molar-refractivity contribution < 1.29 is 0 Å². The Labute approximate surface area is 151 Å². The molecule has 2 aliphatic heterocycles. The van der Waals surface area contributed by atoms with E-state index in [4.69, 9.17) is 0 Å². The lowest BCUT2D eigenvalue weighted by Gasteiger charge is -2.44. The number of benzene rings is 1. The molecule has 0 spiro atoms. The van der Waals surface area contributed by atoms with Gasteiger partial charge in [-0.3, -0.25) is 14.5 Å². The van der Waals surface area contributed by atoms with E-state index in [2.05, 4.69) is 65.3 Å². The van der Waals surface area contributed by atoms with E-state index >= 15 is 0 Å². The van der Waals surface area contributed by atoms with E-state index in [1.54, 1.807) is 5.56 Å². The molecular weight excluding hydrogens is 308 g/mol. The molecule has 0 aliphatic carbocycles. The third kappa shape index (κ3) is 3.13. The van der Waals surface area contributed by atoms with Crippen LogP contribution in [0.4, 0.5) is 0 Å². The minimum Gasteiger partial charge on any atom is -0.300 e. The zero-order chi connectivity index (χ0) is 17.4. The monoisotopic (exact) mass is 338 g/mol. The molecule has 2 atom stereocenters. The molecule has 4 nitrogen and oxygen atoms in total. The minimum absolute atomic E-state index is 0.330. The van der Waals surface area contributed by atoms with Crippen molar-refractivity contribution >= 4 is 0 Å². The Morgan fingerprint density at radius 3 is 2.68 bits per heavy atom. The van der Waals surface area contributed by atoms with Gasteiger partial charge in [0.1, 0.15) is 0 Å². The number of piperidine rings is 1. The lowest BCUT2D eigenvalue weighted by molar-refractivity contribution is 0.117. The SMILES string of the molecule is CC(C)N1CC2CN(Cc3cnn(C)c3)CCC2(c2ccccc2)C1. The van der Waals surface area contributed by atoms with Gasteiger partial charge in [0.05, 0.1) is 6.20 Å². The number of aryl methyl sites for hydroxylation is 1. The molecule has 4 rings (SSSR count). The summed E-state index contributed by atoms with van der Waals surface area (Å²) in [6.07, 6.45) is 5.41. The van der Waals surface area contributed by atoms with E-state index < -0.39 is 0 Å². The molecule has 1 aromatic carbocycles. The van der Waals surface area contributed by atoms with Crippen molar-refractivity contribution in [2.45, 2.75) is 38.3 Å². The van der Waals surface area contributed by atoms with Crippen molar-refractivity contribution in [1.29, 1.82) is 0 Å². The average Bonchev–Trinajstić information content (AvgIpc) is 3.20. The molecule has 134 valence electrons. The summed E-state index contributed by atoms with van der Waals surface area (Å²) in [4.78, 5) is 5.32. The third-order valence-corrected chi connectivity index (χ3v) is 6.32. The van der Waals surface area contributed by atoms with Crippen molar-refractivity contribution in [2.24, 2.45) is 13.0 Å². The number of aromatic nitrogens is 2. The van der Waals surface area contributed by atoms with Crippen LogP contribution in [0.15, 0.2) is 42.7 Å². The fraction of sp³-hybridized carbons (Fsp3) is 0.571. The quantitative estimate of drug-likeness (QED) is 0.857. The molecule has 4 heteroatoms. The smallest absolute Gasteiger partial charge is 0.0534 e. The summed E-state index contributed by atoms with van der Waals surface area (Å²) in [6.45, 7) is 10.5. The summed E-state index contributed by atoms with van der Waals surface area (Å²) < 4.78 is 1.91. The van der Waals surface area contributed by atoms with E-state index in [9.17, 15) is 0 Å². The van der Waals surface area contributed by atoms with Gasteiger partial charge in [0.15, 0.2) is 0 Å². The third-order valence-electron chi connectivity index (χ3n) is 6.32. The zero-order valence-electron chi connectivity index (χ0n) is 15.7. The summed E-state index contributed by atoms with van der Waals surface area (Å²) in [5.74, 6) is 0.711. The predicted molar refractivity (Wildman–Crippen MR) is 101 cm³/mol. The Kier molecular flexibility index (Phi) is 4.42. The second-order valence-electron chi connectivity index (χ2n) is 8.25. The minimum atomic E-state index is 0.330. The molecule has 25 heavy (non-hydrogen) atoms. The number of hydrogen-bond donors (Lipinski definition) is 0. The maximum Gasteiger partial charge on any atom is 0.0534 e. The number of hydrogen-bond acceptors (Lipinski definition) is 3. The van der Waals surface area contributed by atoms with Crippen LogP contribution in [0, 0.1) is 5.92 Å². The summed E-state index contributed by atoms with van der Waals surface area (Å²) in [7, 11) is 2.00. The molecule has 2 fully saturated rings. The van der Waals surface area contributed by atoms with Gasteiger partial charge in [-0.25, -0.2) is 0 Å². The highest BCUT2D eigenvalue weighted by Gasteiger charge is 2.50. The van der Waals surface area contributed by atoms with E-state index in [-0.39, 0.29) is 0 Å². The number of likely N-dealkylation sites (tertiary alicyclic amines) is 2.